The second kappa shape index (κ2) is 16.8. The highest BCUT2D eigenvalue weighted by molar-refractivity contribution is 6.01. The third kappa shape index (κ3) is 13.4. The number of rotatable bonds is 14. The number of nitrogens with one attached hydrogen (secondary N) is 4. The number of carbonyl (C=O) groups excluding carboxylic acids is 4. The fourth-order valence-corrected chi connectivity index (χ4v) is 4.57. The molecule has 0 heterocycles. The number of aliphatic hydroxyl groups excluding tert-OH is 1. The van der Waals surface area contributed by atoms with Crippen LogP contribution in [-0.2, 0) is 27.2 Å². The number of benzene rings is 2. The predicted molar refractivity (Wildman–Crippen MR) is 168 cm³/mol. The molecule has 2 aromatic rings. The number of amides is 5. The molecule has 10 nitrogen and oxygen atoms in total. The van der Waals surface area contributed by atoms with E-state index in [9.17, 15) is 24.3 Å². The van der Waals surface area contributed by atoms with Gasteiger partial charge in [-0.25, -0.2) is 4.79 Å². The molecule has 2 rings (SSSR count). The molecule has 0 radical (unpaired) electrons. The van der Waals surface area contributed by atoms with Crippen LogP contribution >= 0.6 is 0 Å². The molecular formula is C33H49N5O5. The highest BCUT2D eigenvalue weighted by atomic mass is 16.3. The minimum Gasteiger partial charge on any atom is -0.391 e. The molecule has 0 saturated carbocycles. The Morgan fingerprint density at radius 3 is 1.77 bits per heavy atom. The van der Waals surface area contributed by atoms with Gasteiger partial charge in [0.1, 0.15) is 12.1 Å². The number of carbonyl (C=O) groups is 4. The summed E-state index contributed by atoms with van der Waals surface area (Å²) in [5.41, 5.74) is 7.01. The maximum atomic E-state index is 13.6. The molecule has 0 saturated heterocycles. The Bertz CT molecular complexity index is 1180. The number of urea groups is 1. The molecule has 43 heavy (non-hydrogen) atoms. The zero-order chi connectivity index (χ0) is 32.2. The minimum absolute atomic E-state index is 0.0602. The highest BCUT2D eigenvalue weighted by Gasteiger charge is 2.31. The van der Waals surface area contributed by atoms with Crippen molar-refractivity contribution in [2.45, 2.75) is 97.0 Å². The van der Waals surface area contributed by atoms with Crippen molar-refractivity contribution < 1.29 is 24.3 Å². The second-order valence-corrected chi connectivity index (χ2v) is 12.7. The third-order valence-electron chi connectivity index (χ3n) is 6.81. The lowest BCUT2D eigenvalue weighted by atomic mass is 9.90. The Labute approximate surface area is 255 Å². The topological polar surface area (TPSA) is 163 Å². The molecule has 0 fully saturated rings. The van der Waals surface area contributed by atoms with Crippen LogP contribution in [0.1, 0.15) is 65.5 Å². The van der Waals surface area contributed by atoms with E-state index in [1.807, 2.05) is 95.3 Å². The number of hydrogen-bond donors (Lipinski definition) is 6. The standard InChI is InChI=1S/C33H49N5O5/c1-21(2)17-26(36-32(43)38-33(4,5)6)30(41)35-27(19-24-15-11-8-12-16-24)31(42)37-29(40)25(20-28(39)22(3)34)18-23-13-9-7-10-14-23/h7-16,21-22,25-28,39H,17-20,34H2,1-6H3,(H,35,41)(H2,36,38,43)(H,37,40,42)/t22-,25+,26?,27?,28-/m0/s1. The first-order valence-corrected chi connectivity index (χ1v) is 14.9. The van der Waals surface area contributed by atoms with Crippen molar-refractivity contribution in [1.29, 1.82) is 0 Å². The fraction of sp³-hybridized carbons (Fsp3) is 0.515. The largest absolute Gasteiger partial charge is 0.391 e. The van der Waals surface area contributed by atoms with E-state index in [2.05, 4.69) is 21.3 Å². The van der Waals surface area contributed by atoms with E-state index in [4.69, 9.17) is 5.73 Å². The molecule has 5 amide bonds. The van der Waals surface area contributed by atoms with Crippen LogP contribution < -0.4 is 27.0 Å². The molecule has 0 aliphatic carbocycles. The van der Waals surface area contributed by atoms with Crippen LogP contribution in [0.4, 0.5) is 4.79 Å². The van der Waals surface area contributed by atoms with Crippen molar-refractivity contribution in [3.8, 4) is 0 Å². The molecule has 0 spiro atoms. The van der Waals surface area contributed by atoms with Crippen LogP contribution in [-0.4, -0.2) is 58.6 Å². The monoisotopic (exact) mass is 595 g/mol. The summed E-state index contributed by atoms with van der Waals surface area (Å²) < 4.78 is 0. The summed E-state index contributed by atoms with van der Waals surface area (Å²) in [6.45, 7) is 11.0. The lowest BCUT2D eigenvalue weighted by Gasteiger charge is -2.27. The normalized spacial score (nSPS) is 15.0. The van der Waals surface area contributed by atoms with Crippen LogP contribution in [0.2, 0.25) is 0 Å². The van der Waals surface area contributed by atoms with E-state index < -0.39 is 59.4 Å². The van der Waals surface area contributed by atoms with Crippen LogP contribution in [0, 0.1) is 11.8 Å². The van der Waals surface area contributed by atoms with Gasteiger partial charge in [-0.2, -0.15) is 0 Å². The van der Waals surface area contributed by atoms with Gasteiger partial charge in [0.15, 0.2) is 0 Å². The molecule has 10 heteroatoms. The Kier molecular flexibility index (Phi) is 13.8. The van der Waals surface area contributed by atoms with Crippen molar-refractivity contribution in [2.75, 3.05) is 0 Å². The summed E-state index contributed by atoms with van der Waals surface area (Å²) in [5, 5.41) is 21.2. The predicted octanol–water partition coefficient (Wildman–Crippen LogP) is 2.83. The van der Waals surface area contributed by atoms with Gasteiger partial charge in [0.05, 0.1) is 6.10 Å². The zero-order valence-corrected chi connectivity index (χ0v) is 26.2. The molecule has 5 atom stereocenters. The summed E-state index contributed by atoms with van der Waals surface area (Å²) >= 11 is 0. The third-order valence-corrected chi connectivity index (χ3v) is 6.81. The molecule has 7 N–H and O–H groups in total. The minimum atomic E-state index is -1.10. The number of imide groups is 1. The average Bonchev–Trinajstić information content (AvgIpc) is 2.91. The quantitative estimate of drug-likeness (QED) is 0.197. The van der Waals surface area contributed by atoms with Gasteiger partial charge in [0.25, 0.3) is 0 Å². The first-order chi connectivity index (χ1) is 20.1. The van der Waals surface area contributed by atoms with Crippen molar-refractivity contribution in [3.05, 3.63) is 71.8 Å². The van der Waals surface area contributed by atoms with Crippen LogP contribution in [0.5, 0.6) is 0 Å². The van der Waals surface area contributed by atoms with E-state index in [-0.39, 0.29) is 18.8 Å². The molecule has 0 bridgehead atoms. The van der Waals surface area contributed by atoms with Crippen LogP contribution in [0.15, 0.2) is 60.7 Å². The molecule has 2 unspecified atom stereocenters. The van der Waals surface area contributed by atoms with Crippen molar-refractivity contribution in [2.24, 2.45) is 17.6 Å². The summed E-state index contributed by atoms with van der Waals surface area (Å²) in [4.78, 5) is 53.2. The molecule has 0 aliphatic rings. The molecule has 236 valence electrons. The Hall–Kier alpha value is -3.76. The van der Waals surface area contributed by atoms with Gasteiger partial charge in [0, 0.05) is 23.9 Å². The van der Waals surface area contributed by atoms with E-state index >= 15 is 0 Å². The van der Waals surface area contributed by atoms with E-state index in [1.54, 1.807) is 6.92 Å². The first-order valence-electron chi connectivity index (χ1n) is 14.9. The molecule has 2 aromatic carbocycles. The summed E-state index contributed by atoms with van der Waals surface area (Å²) in [5.74, 6) is -2.45. The highest BCUT2D eigenvalue weighted by Crippen LogP contribution is 2.17. The smallest absolute Gasteiger partial charge is 0.315 e. The Balaban J connectivity index is 2.28. The van der Waals surface area contributed by atoms with E-state index in [0.29, 0.717) is 12.8 Å². The SMILES string of the molecule is CC(C)CC(NC(=O)NC(C)(C)C)C(=O)NC(Cc1ccccc1)C(=O)NC(=O)[C@H](Cc1ccccc1)C[C@H](O)[C@H](C)N. The number of aliphatic hydroxyl groups is 1. The van der Waals surface area contributed by atoms with Crippen molar-refractivity contribution in [3.63, 3.8) is 0 Å². The van der Waals surface area contributed by atoms with Gasteiger partial charge < -0.3 is 26.8 Å². The molecular weight excluding hydrogens is 546 g/mol. The van der Waals surface area contributed by atoms with Gasteiger partial charge in [-0.05, 0) is 64.0 Å². The van der Waals surface area contributed by atoms with Gasteiger partial charge in [-0.15, -0.1) is 0 Å². The molecule has 0 aliphatic heterocycles. The van der Waals surface area contributed by atoms with Crippen molar-refractivity contribution in [1.82, 2.24) is 21.3 Å². The number of hydrogen-bond acceptors (Lipinski definition) is 6. The summed E-state index contributed by atoms with van der Waals surface area (Å²) in [6, 6.07) is 15.4. The maximum Gasteiger partial charge on any atom is 0.315 e. The lowest BCUT2D eigenvalue weighted by molar-refractivity contribution is -0.136. The van der Waals surface area contributed by atoms with Gasteiger partial charge in [-0.1, -0.05) is 74.5 Å². The van der Waals surface area contributed by atoms with Crippen molar-refractivity contribution >= 4 is 23.8 Å². The fourth-order valence-electron chi connectivity index (χ4n) is 4.57. The lowest BCUT2D eigenvalue weighted by Crippen LogP contribution is -2.58. The van der Waals surface area contributed by atoms with E-state index in [0.717, 1.165) is 11.1 Å². The zero-order valence-electron chi connectivity index (χ0n) is 26.2. The second-order valence-electron chi connectivity index (χ2n) is 12.7. The summed E-state index contributed by atoms with van der Waals surface area (Å²) in [7, 11) is 0. The Morgan fingerprint density at radius 2 is 1.28 bits per heavy atom. The van der Waals surface area contributed by atoms with Crippen LogP contribution in [0.3, 0.4) is 0 Å². The maximum absolute atomic E-state index is 13.6. The summed E-state index contributed by atoms with van der Waals surface area (Å²) in [6.07, 6.45) is -0.125. The van der Waals surface area contributed by atoms with Gasteiger partial charge in [-0.3, -0.25) is 19.7 Å². The van der Waals surface area contributed by atoms with Crippen LogP contribution in [0.25, 0.3) is 0 Å². The van der Waals surface area contributed by atoms with E-state index in [1.165, 1.54) is 0 Å². The Morgan fingerprint density at radius 1 is 0.744 bits per heavy atom. The molecule has 0 aromatic heterocycles. The number of nitrogens with two attached hydrogens (primary N) is 1. The van der Waals surface area contributed by atoms with Gasteiger partial charge >= 0.3 is 6.03 Å². The van der Waals surface area contributed by atoms with Gasteiger partial charge in [0.2, 0.25) is 17.7 Å². The average molecular weight is 596 g/mol. The first kappa shape index (κ1) is 35.4.